The van der Waals surface area contributed by atoms with Gasteiger partial charge in [0, 0.05) is 23.2 Å². The lowest BCUT2D eigenvalue weighted by molar-refractivity contribution is -0.530. The molecule has 4 heteroatoms. The summed E-state index contributed by atoms with van der Waals surface area (Å²) in [5, 5.41) is 10.6. The number of hydrogen-bond acceptors (Lipinski definition) is 3. The van der Waals surface area contributed by atoms with E-state index in [1.807, 2.05) is 6.92 Å². The van der Waals surface area contributed by atoms with E-state index in [1.165, 1.54) is 0 Å². The third-order valence-electron chi connectivity index (χ3n) is 3.00. The molecule has 1 aliphatic rings. The van der Waals surface area contributed by atoms with Crippen molar-refractivity contribution in [1.82, 2.24) is 0 Å². The first-order valence-corrected chi connectivity index (χ1v) is 4.79. The van der Waals surface area contributed by atoms with Crippen molar-refractivity contribution in [1.29, 1.82) is 0 Å². The highest BCUT2D eigenvalue weighted by Gasteiger charge is 2.40. The number of aldehydes is 1. The van der Waals surface area contributed by atoms with E-state index >= 15 is 0 Å². The molecule has 0 aliphatic heterocycles. The molecule has 0 amide bonds. The highest BCUT2D eigenvalue weighted by atomic mass is 16.6. The molecule has 0 aromatic heterocycles. The molecule has 0 unspecified atom stereocenters. The topological polar surface area (TPSA) is 60.2 Å². The van der Waals surface area contributed by atoms with E-state index < -0.39 is 6.04 Å². The molecule has 1 saturated carbocycles. The smallest absolute Gasteiger partial charge is 0.216 e. The Morgan fingerprint density at radius 2 is 2.31 bits per heavy atom. The van der Waals surface area contributed by atoms with Gasteiger partial charge in [0.15, 0.2) is 0 Å². The molecule has 0 radical (unpaired) electrons. The molecule has 0 heterocycles. The summed E-state index contributed by atoms with van der Waals surface area (Å²) < 4.78 is 0. The average Bonchev–Trinajstić information content (AvgIpc) is 2.55. The summed E-state index contributed by atoms with van der Waals surface area (Å²) in [7, 11) is 0. The van der Waals surface area contributed by atoms with E-state index in [2.05, 4.69) is 0 Å². The molecule has 3 atom stereocenters. The van der Waals surface area contributed by atoms with Gasteiger partial charge in [-0.05, 0) is 19.3 Å². The number of carbonyl (C=O) groups excluding carboxylic acids is 1. The molecule has 0 aromatic rings. The molecule has 1 aliphatic carbocycles. The van der Waals surface area contributed by atoms with Crippen LogP contribution < -0.4 is 0 Å². The molecule has 0 saturated heterocycles. The number of nitrogens with zero attached hydrogens (tertiary/aromatic N) is 1. The van der Waals surface area contributed by atoms with Gasteiger partial charge in [-0.15, -0.1) is 0 Å². The third kappa shape index (κ3) is 2.05. The number of rotatable bonds is 4. The average molecular weight is 185 g/mol. The lowest BCUT2D eigenvalue weighted by atomic mass is 9.87. The van der Waals surface area contributed by atoms with Crippen molar-refractivity contribution in [2.24, 2.45) is 11.8 Å². The second kappa shape index (κ2) is 4.35. The van der Waals surface area contributed by atoms with E-state index in [4.69, 9.17) is 0 Å². The predicted molar refractivity (Wildman–Crippen MR) is 48.0 cm³/mol. The van der Waals surface area contributed by atoms with Gasteiger partial charge in [-0.3, -0.25) is 10.1 Å². The van der Waals surface area contributed by atoms with Crippen molar-refractivity contribution in [3.63, 3.8) is 0 Å². The Hall–Kier alpha value is -0.930. The van der Waals surface area contributed by atoms with Crippen LogP contribution in [0.4, 0.5) is 0 Å². The molecular weight excluding hydrogens is 170 g/mol. The Bertz CT molecular complexity index is 205. The molecular formula is C9H15NO3. The summed E-state index contributed by atoms with van der Waals surface area (Å²) in [5.41, 5.74) is 0. The lowest BCUT2D eigenvalue weighted by Crippen LogP contribution is -2.30. The van der Waals surface area contributed by atoms with Crippen LogP contribution in [-0.2, 0) is 4.79 Å². The summed E-state index contributed by atoms with van der Waals surface area (Å²) in [6.07, 6.45) is 3.97. The summed E-state index contributed by atoms with van der Waals surface area (Å²) in [4.78, 5) is 21.1. The maximum Gasteiger partial charge on any atom is 0.216 e. The first-order valence-electron chi connectivity index (χ1n) is 4.79. The van der Waals surface area contributed by atoms with Crippen molar-refractivity contribution >= 4 is 6.29 Å². The van der Waals surface area contributed by atoms with E-state index in [0.717, 1.165) is 25.5 Å². The fourth-order valence-corrected chi connectivity index (χ4v) is 2.23. The second-order valence-electron chi connectivity index (χ2n) is 3.66. The van der Waals surface area contributed by atoms with E-state index in [9.17, 15) is 14.9 Å². The zero-order valence-electron chi connectivity index (χ0n) is 7.81. The number of hydrogen-bond donors (Lipinski definition) is 0. The molecule has 0 N–H and O–H groups in total. The van der Waals surface area contributed by atoms with Gasteiger partial charge in [0.2, 0.25) is 6.04 Å². The Kier molecular flexibility index (Phi) is 3.39. The van der Waals surface area contributed by atoms with Crippen LogP contribution >= 0.6 is 0 Å². The van der Waals surface area contributed by atoms with E-state index in [0.29, 0.717) is 6.42 Å². The van der Waals surface area contributed by atoms with E-state index in [-0.39, 0.29) is 16.8 Å². The summed E-state index contributed by atoms with van der Waals surface area (Å²) in [6, 6.07) is -0.477. The third-order valence-corrected chi connectivity index (χ3v) is 3.00. The highest BCUT2D eigenvalue weighted by molar-refractivity contribution is 5.54. The normalized spacial score (nSPS) is 29.9. The van der Waals surface area contributed by atoms with Crippen LogP contribution in [-0.4, -0.2) is 17.3 Å². The van der Waals surface area contributed by atoms with Crippen molar-refractivity contribution in [3.05, 3.63) is 10.1 Å². The van der Waals surface area contributed by atoms with Crippen LogP contribution in [0.1, 0.15) is 32.6 Å². The lowest BCUT2D eigenvalue weighted by Gasteiger charge is -2.17. The van der Waals surface area contributed by atoms with Crippen LogP contribution in [0.2, 0.25) is 0 Å². The molecule has 13 heavy (non-hydrogen) atoms. The Balaban J connectivity index is 2.66. The molecule has 1 rings (SSSR count). The number of nitro groups is 1. The van der Waals surface area contributed by atoms with Gasteiger partial charge < -0.3 is 4.79 Å². The fourth-order valence-electron chi connectivity index (χ4n) is 2.23. The van der Waals surface area contributed by atoms with Crippen LogP contribution in [0.5, 0.6) is 0 Å². The minimum atomic E-state index is -0.477. The molecule has 0 bridgehead atoms. The Morgan fingerprint density at radius 3 is 2.77 bits per heavy atom. The molecule has 0 aromatic carbocycles. The number of carbonyl (C=O) groups is 1. The second-order valence-corrected chi connectivity index (χ2v) is 3.66. The fraction of sp³-hybridized carbons (Fsp3) is 0.889. The maximum absolute atomic E-state index is 10.7. The Labute approximate surface area is 77.5 Å². The van der Waals surface area contributed by atoms with Crippen molar-refractivity contribution in [3.8, 4) is 0 Å². The van der Waals surface area contributed by atoms with E-state index in [1.54, 1.807) is 0 Å². The van der Waals surface area contributed by atoms with Gasteiger partial charge in [-0.1, -0.05) is 6.92 Å². The monoisotopic (exact) mass is 185 g/mol. The Morgan fingerprint density at radius 1 is 1.62 bits per heavy atom. The van der Waals surface area contributed by atoms with Gasteiger partial charge in [0.05, 0.1) is 0 Å². The van der Waals surface area contributed by atoms with Gasteiger partial charge in [0.25, 0.3) is 0 Å². The van der Waals surface area contributed by atoms with Gasteiger partial charge in [-0.25, -0.2) is 0 Å². The molecule has 74 valence electrons. The zero-order valence-corrected chi connectivity index (χ0v) is 7.81. The van der Waals surface area contributed by atoms with Gasteiger partial charge in [0.1, 0.15) is 6.29 Å². The van der Waals surface area contributed by atoms with Crippen LogP contribution in [0.3, 0.4) is 0 Å². The standard InChI is InChI=1S/C9H15NO3/c1-2-7(6-11)8-4-3-5-9(8)10(12)13/h6-9H,2-5H2,1H3/t7-,8+,9+/m0/s1. The van der Waals surface area contributed by atoms with Crippen LogP contribution in [0.15, 0.2) is 0 Å². The summed E-state index contributed by atoms with van der Waals surface area (Å²) in [6.45, 7) is 1.91. The largest absolute Gasteiger partial charge is 0.303 e. The first-order chi connectivity index (χ1) is 6.20. The highest BCUT2D eigenvalue weighted by Crippen LogP contribution is 2.34. The minimum absolute atomic E-state index is 0.0162. The molecule has 4 nitrogen and oxygen atoms in total. The first kappa shape index (κ1) is 10.2. The SMILES string of the molecule is CC[C@@H](C=O)[C@H]1CCC[C@H]1[N+](=O)[O-]. The van der Waals surface area contributed by atoms with Crippen LogP contribution in [0, 0.1) is 22.0 Å². The van der Waals surface area contributed by atoms with Crippen molar-refractivity contribution in [2.75, 3.05) is 0 Å². The zero-order chi connectivity index (χ0) is 9.84. The quantitative estimate of drug-likeness (QED) is 0.380. The minimum Gasteiger partial charge on any atom is -0.303 e. The van der Waals surface area contributed by atoms with Crippen molar-refractivity contribution in [2.45, 2.75) is 38.6 Å². The molecule has 1 fully saturated rings. The summed E-state index contributed by atoms with van der Waals surface area (Å²) in [5.74, 6) is -0.129. The maximum atomic E-state index is 10.7. The van der Waals surface area contributed by atoms with Crippen LogP contribution in [0.25, 0.3) is 0 Å². The van der Waals surface area contributed by atoms with Gasteiger partial charge in [-0.2, -0.15) is 0 Å². The van der Waals surface area contributed by atoms with Crippen molar-refractivity contribution < 1.29 is 9.72 Å². The molecule has 0 spiro atoms. The predicted octanol–water partition coefficient (Wildman–Crippen LogP) is 1.66. The van der Waals surface area contributed by atoms with Gasteiger partial charge >= 0.3 is 0 Å². The summed E-state index contributed by atoms with van der Waals surface area (Å²) >= 11 is 0.